The van der Waals surface area contributed by atoms with Gasteiger partial charge in [-0.2, -0.15) is 5.26 Å². The lowest BCUT2D eigenvalue weighted by atomic mass is 9.89. The van der Waals surface area contributed by atoms with Crippen molar-refractivity contribution in [3.8, 4) is 6.07 Å². The summed E-state index contributed by atoms with van der Waals surface area (Å²) in [5, 5.41) is 12.0. The fourth-order valence-electron chi connectivity index (χ4n) is 2.04. The molecule has 0 aromatic heterocycles. The SMILES string of the molecule is CC(C#N)CNCC1(C)CCCC1. The summed E-state index contributed by atoms with van der Waals surface area (Å²) < 4.78 is 0. The molecular weight excluding hydrogens is 160 g/mol. The lowest BCUT2D eigenvalue weighted by molar-refractivity contribution is 0.312. The Hall–Kier alpha value is -0.550. The number of nitriles is 1. The molecule has 74 valence electrons. The molecule has 0 saturated heterocycles. The monoisotopic (exact) mass is 180 g/mol. The van der Waals surface area contributed by atoms with Gasteiger partial charge in [-0.15, -0.1) is 0 Å². The van der Waals surface area contributed by atoms with Crippen LogP contribution >= 0.6 is 0 Å². The van der Waals surface area contributed by atoms with E-state index in [0.717, 1.165) is 13.1 Å². The standard InChI is InChI=1S/C11H20N2/c1-10(7-12)8-13-9-11(2)5-3-4-6-11/h10,13H,3-6,8-9H2,1-2H3. The zero-order valence-corrected chi connectivity index (χ0v) is 8.77. The highest BCUT2D eigenvalue weighted by atomic mass is 14.9. The fourth-order valence-corrected chi connectivity index (χ4v) is 2.04. The first-order chi connectivity index (χ1) is 6.16. The molecule has 1 unspecified atom stereocenters. The predicted molar refractivity (Wildman–Crippen MR) is 54.2 cm³/mol. The lowest BCUT2D eigenvalue weighted by Crippen LogP contribution is -2.32. The van der Waals surface area contributed by atoms with Gasteiger partial charge in [-0.3, -0.25) is 0 Å². The van der Waals surface area contributed by atoms with Crippen LogP contribution in [-0.4, -0.2) is 13.1 Å². The smallest absolute Gasteiger partial charge is 0.0666 e. The van der Waals surface area contributed by atoms with Crippen molar-refractivity contribution in [2.24, 2.45) is 11.3 Å². The summed E-state index contributed by atoms with van der Waals surface area (Å²) >= 11 is 0. The van der Waals surface area contributed by atoms with Crippen LogP contribution in [-0.2, 0) is 0 Å². The second-order valence-electron chi connectivity index (χ2n) is 4.68. The highest BCUT2D eigenvalue weighted by Gasteiger charge is 2.27. The van der Waals surface area contributed by atoms with Crippen molar-refractivity contribution in [3.63, 3.8) is 0 Å². The van der Waals surface area contributed by atoms with E-state index in [0.29, 0.717) is 5.41 Å². The van der Waals surface area contributed by atoms with Crippen LogP contribution < -0.4 is 5.32 Å². The Balaban J connectivity index is 2.15. The first-order valence-electron chi connectivity index (χ1n) is 5.27. The largest absolute Gasteiger partial charge is 0.315 e. The zero-order valence-electron chi connectivity index (χ0n) is 8.77. The van der Waals surface area contributed by atoms with Crippen LogP contribution in [0.25, 0.3) is 0 Å². The van der Waals surface area contributed by atoms with Crippen molar-refractivity contribution >= 4 is 0 Å². The molecule has 2 nitrogen and oxygen atoms in total. The number of nitrogens with zero attached hydrogens (tertiary/aromatic N) is 1. The van der Waals surface area contributed by atoms with E-state index in [1.54, 1.807) is 0 Å². The maximum Gasteiger partial charge on any atom is 0.0666 e. The van der Waals surface area contributed by atoms with Gasteiger partial charge in [-0.25, -0.2) is 0 Å². The molecule has 2 heteroatoms. The number of nitrogens with one attached hydrogen (secondary N) is 1. The van der Waals surface area contributed by atoms with E-state index in [2.05, 4.69) is 18.3 Å². The van der Waals surface area contributed by atoms with E-state index < -0.39 is 0 Å². The maximum absolute atomic E-state index is 8.60. The quantitative estimate of drug-likeness (QED) is 0.720. The van der Waals surface area contributed by atoms with Gasteiger partial charge >= 0.3 is 0 Å². The van der Waals surface area contributed by atoms with Gasteiger partial charge in [-0.1, -0.05) is 19.8 Å². The molecule has 1 rings (SSSR count). The summed E-state index contributed by atoms with van der Waals surface area (Å²) in [6.45, 7) is 6.24. The minimum absolute atomic E-state index is 0.144. The predicted octanol–water partition coefficient (Wildman–Crippen LogP) is 2.32. The second-order valence-corrected chi connectivity index (χ2v) is 4.68. The average molecular weight is 180 g/mol. The summed E-state index contributed by atoms with van der Waals surface area (Å²) in [5.41, 5.74) is 0.509. The summed E-state index contributed by atoms with van der Waals surface area (Å²) in [5.74, 6) is 0.144. The Labute approximate surface area is 81.3 Å². The molecule has 0 spiro atoms. The van der Waals surface area contributed by atoms with E-state index in [9.17, 15) is 0 Å². The van der Waals surface area contributed by atoms with E-state index in [4.69, 9.17) is 5.26 Å². The fraction of sp³-hybridized carbons (Fsp3) is 0.909. The van der Waals surface area contributed by atoms with Crippen molar-refractivity contribution in [1.82, 2.24) is 5.32 Å². The van der Waals surface area contributed by atoms with Crippen molar-refractivity contribution in [2.45, 2.75) is 39.5 Å². The lowest BCUT2D eigenvalue weighted by Gasteiger charge is -2.24. The van der Waals surface area contributed by atoms with Crippen LogP contribution in [0.2, 0.25) is 0 Å². The van der Waals surface area contributed by atoms with Gasteiger partial charge in [0.2, 0.25) is 0 Å². The highest BCUT2D eigenvalue weighted by Crippen LogP contribution is 2.36. The van der Waals surface area contributed by atoms with Crippen LogP contribution in [0.15, 0.2) is 0 Å². The average Bonchev–Trinajstić information content (AvgIpc) is 2.52. The molecular formula is C11H20N2. The van der Waals surface area contributed by atoms with Crippen molar-refractivity contribution in [2.75, 3.05) is 13.1 Å². The molecule has 1 atom stereocenters. The number of rotatable bonds is 4. The molecule has 0 amide bonds. The molecule has 1 fully saturated rings. The van der Waals surface area contributed by atoms with Crippen molar-refractivity contribution < 1.29 is 0 Å². The topological polar surface area (TPSA) is 35.8 Å². The highest BCUT2D eigenvalue weighted by molar-refractivity contribution is 4.85. The van der Waals surface area contributed by atoms with Gasteiger partial charge < -0.3 is 5.32 Å². The summed E-state index contributed by atoms with van der Waals surface area (Å²) in [7, 11) is 0. The Morgan fingerprint density at radius 2 is 2.08 bits per heavy atom. The maximum atomic E-state index is 8.60. The Morgan fingerprint density at radius 3 is 2.62 bits per heavy atom. The van der Waals surface area contributed by atoms with E-state index in [1.807, 2.05) is 6.92 Å². The third-order valence-electron chi connectivity index (χ3n) is 3.03. The molecule has 0 aromatic carbocycles. The molecule has 0 aromatic rings. The molecule has 0 radical (unpaired) electrons. The van der Waals surface area contributed by atoms with Crippen LogP contribution in [0.4, 0.5) is 0 Å². The van der Waals surface area contributed by atoms with Crippen LogP contribution in [0, 0.1) is 22.7 Å². The number of hydrogen-bond acceptors (Lipinski definition) is 2. The van der Waals surface area contributed by atoms with Crippen LogP contribution in [0.1, 0.15) is 39.5 Å². The normalized spacial score (nSPS) is 22.5. The first-order valence-corrected chi connectivity index (χ1v) is 5.27. The summed E-state index contributed by atoms with van der Waals surface area (Å²) in [6.07, 6.45) is 5.46. The van der Waals surface area contributed by atoms with Gasteiger partial charge in [0.25, 0.3) is 0 Å². The minimum atomic E-state index is 0.144. The van der Waals surface area contributed by atoms with Crippen LogP contribution in [0.3, 0.4) is 0 Å². The molecule has 13 heavy (non-hydrogen) atoms. The first kappa shape index (κ1) is 10.5. The molecule has 0 bridgehead atoms. The van der Waals surface area contributed by atoms with Gasteiger partial charge in [0.05, 0.1) is 12.0 Å². The summed E-state index contributed by atoms with van der Waals surface area (Å²) in [6, 6.07) is 2.24. The van der Waals surface area contributed by atoms with Gasteiger partial charge in [0.15, 0.2) is 0 Å². The Morgan fingerprint density at radius 1 is 1.46 bits per heavy atom. The van der Waals surface area contributed by atoms with Gasteiger partial charge in [-0.05, 0) is 25.2 Å². The zero-order chi connectivity index (χ0) is 9.73. The molecule has 1 aliphatic rings. The number of hydrogen-bond donors (Lipinski definition) is 1. The van der Waals surface area contributed by atoms with Crippen LogP contribution in [0.5, 0.6) is 0 Å². The molecule has 1 N–H and O–H groups in total. The van der Waals surface area contributed by atoms with E-state index >= 15 is 0 Å². The Kier molecular flexibility index (Phi) is 3.74. The molecule has 0 heterocycles. The molecule has 1 aliphatic carbocycles. The van der Waals surface area contributed by atoms with Gasteiger partial charge in [0.1, 0.15) is 0 Å². The van der Waals surface area contributed by atoms with Crippen molar-refractivity contribution in [1.29, 1.82) is 5.26 Å². The third-order valence-corrected chi connectivity index (χ3v) is 3.03. The summed E-state index contributed by atoms with van der Waals surface area (Å²) in [4.78, 5) is 0. The Bertz CT molecular complexity index is 187. The third kappa shape index (κ3) is 3.36. The molecule has 1 saturated carbocycles. The minimum Gasteiger partial charge on any atom is -0.315 e. The van der Waals surface area contributed by atoms with E-state index in [-0.39, 0.29) is 5.92 Å². The second kappa shape index (κ2) is 4.62. The van der Waals surface area contributed by atoms with E-state index in [1.165, 1.54) is 25.7 Å². The molecule has 0 aliphatic heterocycles. The van der Waals surface area contributed by atoms with Crippen molar-refractivity contribution in [3.05, 3.63) is 0 Å². The van der Waals surface area contributed by atoms with Gasteiger partial charge in [0, 0.05) is 13.1 Å².